The SMILES string of the molecule is IC1CC1Oc1ccccc1. The molecule has 0 saturated heterocycles. The highest BCUT2D eigenvalue weighted by Crippen LogP contribution is 2.34. The van der Waals surface area contributed by atoms with Crippen molar-refractivity contribution in [2.45, 2.75) is 16.4 Å². The van der Waals surface area contributed by atoms with Gasteiger partial charge in [0.25, 0.3) is 0 Å². The average Bonchev–Trinajstić information content (AvgIpc) is 2.69. The molecular weight excluding hydrogens is 251 g/mol. The van der Waals surface area contributed by atoms with Crippen molar-refractivity contribution in [2.24, 2.45) is 0 Å². The third-order valence-electron chi connectivity index (χ3n) is 1.69. The first-order chi connectivity index (χ1) is 5.36. The molecule has 1 aliphatic rings. The summed E-state index contributed by atoms with van der Waals surface area (Å²) in [4.78, 5) is 0. The normalized spacial score (nSPS) is 28.1. The molecule has 1 saturated carbocycles. The summed E-state index contributed by atoms with van der Waals surface area (Å²) in [5, 5.41) is 0. The molecule has 2 atom stereocenters. The van der Waals surface area contributed by atoms with E-state index in [-0.39, 0.29) is 0 Å². The number of hydrogen-bond acceptors (Lipinski definition) is 1. The second-order valence-corrected chi connectivity index (χ2v) is 4.32. The molecule has 1 aromatic rings. The lowest BCUT2D eigenvalue weighted by Crippen LogP contribution is -1.98. The Hall–Kier alpha value is -0.250. The standard InChI is InChI=1S/C9H9IO/c10-8-6-9(8)11-7-4-2-1-3-5-7/h1-5,8-9H,6H2. The minimum Gasteiger partial charge on any atom is -0.489 e. The second kappa shape index (κ2) is 3.01. The van der Waals surface area contributed by atoms with E-state index in [0.717, 1.165) is 9.67 Å². The van der Waals surface area contributed by atoms with Crippen LogP contribution >= 0.6 is 22.6 Å². The minimum atomic E-state index is 0.470. The number of rotatable bonds is 2. The smallest absolute Gasteiger partial charge is 0.119 e. The molecule has 0 aliphatic heterocycles. The van der Waals surface area contributed by atoms with Gasteiger partial charge in [-0.25, -0.2) is 0 Å². The van der Waals surface area contributed by atoms with Crippen molar-refractivity contribution in [3.05, 3.63) is 30.3 Å². The predicted octanol–water partition coefficient (Wildman–Crippen LogP) is 2.64. The van der Waals surface area contributed by atoms with Gasteiger partial charge < -0.3 is 4.74 Å². The molecule has 0 radical (unpaired) electrons. The number of benzene rings is 1. The van der Waals surface area contributed by atoms with Crippen LogP contribution in [0.2, 0.25) is 0 Å². The Kier molecular flexibility index (Phi) is 2.02. The van der Waals surface area contributed by atoms with Crippen LogP contribution in [-0.2, 0) is 0 Å². The third-order valence-corrected chi connectivity index (χ3v) is 3.00. The van der Waals surface area contributed by atoms with E-state index in [1.54, 1.807) is 0 Å². The molecule has 0 bridgehead atoms. The Bertz CT molecular complexity index is 235. The van der Waals surface area contributed by atoms with E-state index < -0.39 is 0 Å². The molecule has 0 N–H and O–H groups in total. The lowest BCUT2D eigenvalue weighted by molar-refractivity contribution is 0.306. The van der Waals surface area contributed by atoms with E-state index in [1.807, 2.05) is 30.3 Å². The quantitative estimate of drug-likeness (QED) is 0.586. The molecule has 58 valence electrons. The van der Waals surface area contributed by atoms with Crippen molar-refractivity contribution in [3.63, 3.8) is 0 Å². The zero-order valence-corrected chi connectivity index (χ0v) is 8.19. The second-order valence-electron chi connectivity index (χ2n) is 2.72. The molecule has 2 unspecified atom stereocenters. The average molecular weight is 260 g/mol. The van der Waals surface area contributed by atoms with Crippen molar-refractivity contribution in [2.75, 3.05) is 0 Å². The molecule has 2 heteroatoms. The van der Waals surface area contributed by atoms with Crippen molar-refractivity contribution >= 4 is 22.6 Å². The van der Waals surface area contributed by atoms with Crippen LogP contribution in [0.3, 0.4) is 0 Å². The van der Waals surface area contributed by atoms with E-state index in [0.29, 0.717) is 6.10 Å². The summed E-state index contributed by atoms with van der Waals surface area (Å²) in [6.07, 6.45) is 1.67. The Morgan fingerprint density at radius 3 is 2.45 bits per heavy atom. The zero-order chi connectivity index (χ0) is 7.68. The molecule has 0 amide bonds. The maximum Gasteiger partial charge on any atom is 0.119 e. The summed E-state index contributed by atoms with van der Waals surface area (Å²) in [5.41, 5.74) is 0. The molecule has 1 fully saturated rings. The summed E-state index contributed by atoms with van der Waals surface area (Å²) in [5.74, 6) is 0.997. The van der Waals surface area contributed by atoms with Crippen LogP contribution in [-0.4, -0.2) is 10.0 Å². The van der Waals surface area contributed by atoms with Crippen LogP contribution in [0.15, 0.2) is 30.3 Å². The fourth-order valence-corrected chi connectivity index (χ4v) is 1.59. The zero-order valence-electron chi connectivity index (χ0n) is 6.03. The highest BCUT2D eigenvalue weighted by Gasteiger charge is 2.36. The number of alkyl halides is 1. The summed E-state index contributed by atoms with van der Waals surface area (Å²) in [6, 6.07) is 10.0. The predicted molar refractivity (Wildman–Crippen MR) is 53.3 cm³/mol. The highest BCUT2D eigenvalue weighted by molar-refractivity contribution is 14.1. The maximum atomic E-state index is 5.63. The molecule has 1 aromatic carbocycles. The summed E-state index contributed by atoms with van der Waals surface area (Å²) in [6.45, 7) is 0. The molecule has 0 aromatic heterocycles. The topological polar surface area (TPSA) is 9.23 Å². The molecule has 1 aliphatic carbocycles. The van der Waals surface area contributed by atoms with Crippen molar-refractivity contribution in [1.82, 2.24) is 0 Å². The fourth-order valence-electron chi connectivity index (χ4n) is 0.939. The summed E-state index contributed by atoms with van der Waals surface area (Å²) < 4.78 is 6.36. The Balaban J connectivity index is 1.97. The first-order valence-corrected chi connectivity index (χ1v) is 4.96. The van der Waals surface area contributed by atoms with Gasteiger partial charge in [0.15, 0.2) is 0 Å². The highest BCUT2D eigenvalue weighted by atomic mass is 127. The first-order valence-electron chi connectivity index (χ1n) is 3.72. The van der Waals surface area contributed by atoms with Crippen molar-refractivity contribution in [1.29, 1.82) is 0 Å². The van der Waals surface area contributed by atoms with Crippen LogP contribution < -0.4 is 4.74 Å². The molecule has 2 rings (SSSR count). The van der Waals surface area contributed by atoms with Crippen LogP contribution in [0.1, 0.15) is 6.42 Å². The van der Waals surface area contributed by atoms with E-state index in [2.05, 4.69) is 22.6 Å². The van der Waals surface area contributed by atoms with Crippen LogP contribution in [0, 0.1) is 0 Å². The molecular formula is C9H9IO. The summed E-state index contributed by atoms with van der Waals surface area (Å²) >= 11 is 2.42. The van der Waals surface area contributed by atoms with E-state index in [1.165, 1.54) is 6.42 Å². The molecule has 0 heterocycles. The van der Waals surface area contributed by atoms with Gasteiger partial charge in [-0.05, 0) is 12.1 Å². The van der Waals surface area contributed by atoms with Gasteiger partial charge in [-0.2, -0.15) is 0 Å². The number of para-hydroxylation sites is 1. The van der Waals surface area contributed by atoms with Gasteiger partial charge >= 0.3 is 0 Å². The van der Waals surface area contributed by atoms with E-state index >= 15 is 0 Å². The van der Waals surface area contributed by atoms with Crippen LogP contribution in [0.4, 0.5) is 0 Å². The van der Waals surface area contributed by atoms with Crippen LogP contribution in [0.25, 0.3) is 0 Å². The summed E-state index contributed by atoms with van der Waals surface area (Å²) in [7, 11) is 0. The lowest BCUT2D eigenvalue weighted by Gasteiger charge is -2.02. The van der Waals surface area contributed by atoms with Gasteiger partial charge in [0.2, 0.25) is 0 Å². The Morgan fingerprint density at radius 1 is 1.27 bits per heavy atom. The third kappa shape index (κ3) is 1.86. The Labute approximate surface area is 79.9 Å². The number of ether oxygens (including phenoxy) is 1. The first kappa shape index (κ1) is 7.40. The van der Waals surface area contributed by atoms with Gasteiger partial charge in [-0.15, -0.1) is 0 Å². The Morgan fingerprint density at radius 2 is 1.91 bits per heavy atom. The van der Waals surface area contributed by atoms with Gasteiger partial charge in [-0.3, -0.25) is 0 Å². The maximum absolute atomic E-state index is 5.63. The van der Waals surface area contributed by atoms with Gasteiger partial charge in [0, 0.05) is 6.42 Å². The molecule has 1 nitrogen and oxygen atoms in total. The number of halogens is 1. The monoisotopic (exact) mass is 260 g/mol. The molecule has 0 spiro atoms. The van der Waals surface area contributed by atoms with Gasteiger partial charge in [0.1, 0.15) is 11.9 Å². The van der Waals surface area contributed by atoms with Gasteiger partial charge in [0.05, 0.1) is 3.92 Å². The number of hydrogen-bond donors (Lipinski definition) is 0. The van der Waals surface area contributed by atoms with E-state index in [9.17, 15) is 0 Å². The minimum absolute atomic E-state index is 0.470. The van der Waals surface area contributed by atoms with E-state index in [4.69, 9.17) is 4.74 Å². The van der Waals surface area contributed by atoms with Crippen LogP contribution in [0.5, 0.6) is 5.75 Å². The lowest BCUT2D eigenvalue weighted by atomic mass is 10.3. The van der Waals surface area contributed by atoms with Crippen molar-refractivity contribution < 1.29 is 4.74 Å². The van der Waals surface area contributed by atoms with Crippen molar-refractivity contribution in [3.8, 4) is 5.75 Å². The fraction of sp³-hybridized carbons (Fsp3) is 0.333. The molecule has 11 heavy (non-hydrogen) atoms. The largest absolute Gasteiger partial charge is 0.489 e. The van der Waals surface area contributed by atoms with Gasteiger partial charge in [-0.1, -0.05) is 40.8 Å².